The lowest BCUT2D eigenvalue weighted by atomic mass is 10.0. The molecule has 3 aromatic rings. The Morgan fingerprint density at radius 2 is 2.00 bits per heavy atom. The Hall–Kier alpha value is -3.46. The van der Waals surface area contributed by atoms with Gasteiger partial charge in [0.15, 0.2) is 11.5 Å². The average molecular weight is 410 g/mol. The van der Waals surface area contributed by atoms with Gasteiger partial charge in [-0.2, -0.15) is 23.5 Å². The second-order valence-electron chi connectivity index (χ2n) is 6.12. The van der Waals surface area contributed by atoms with Crippen LogP contribution in [0.25, 0.3) is 17.0 Å². The van der Waals surface area contributed by atoms with Gasteiger partial charge in [0.05, 0.1) is 18.9 Å². The predicted octanol–water partition coefficient (Wildman–Crippen LogP) is 2.62. The zero-order chi connectivity index (χ0) is 21.6. The number of alkyl halides is 3. The number of pyridine rings is 1. The average Bonchev–Trinajstić information content (AvgIpc) is 3.08. The third-order valence-electron chi connectivity index (χ3n) is 4.27. The molecule has 29 heavy (non-hydrogen) atoms. The second kappa shape index (κ2) is 6.85. The minimum Gasteiger partial charge on any atom is -0.495 e. The van der Waals surface area contributed by atoms with E-state index in [1.54, 1.807) is 6.07 Å². The molecule has 1 unspecified atom stereocenters. The van der Waals surface area contributed by atoms with E-state index in [1.165, 1.54) is 7.05 Å². The van der Waals surface area contributed by atoms with Gasteiger partial charge >= 0.3 is 6.18 Å². The number of nitriles is 1. The zero-order valence-corrected chi connectivity index (χ0v) is 15.3. The minimum absolute atomic E-state index is 0.0372. The predicted molar refractivity (Wildman–Crippen MR) is 92.6 cm³/mol. The van der Waals surface area contributed by atoms with E-state index in [4.69, 9.17) is 10.00 Å². The van der Waals surface area contributed by atoms with Gasteiger partial charge in [-0.05, 0) is 13.0 Å². The molecule has 0 amide bonds. The van der Waals surface area contributed by atoms with E-state index >= 15 is 0 Å². The van der Waals surface area contributed by atoms with Crippen LogP contribution in [0.1, 0.15) is 18.2 Å². The molecule has 152 valence electrons. The SMILES string of the molecule is CNc1nc(-c2cnc3cc(OC)c(C(C)(O)C(F)(F)F)nn23)c(F)cc1C#N. The summed E-state index contributed by atoms with van der Waals surface area (Å²) >= 11 is 0. The van der Waals surface area contributed by atoms with Crippen molar-refractivity contribution >= 4 is 11.5 Å². The molecule has 3 aromatic heterocycles. The Morgan fingerprint density at radius 1 is 1.31 bits per heavy atom. The highest BCUT2D eigenvalue weighted by atomic mass is 19.4. The number of hydrogen-bond acceptors (Lipinski definition) is 7. The maximum Gasteiger partial charge on any atom is 0.422 e. The Kier molecular flexibility index (Phi) is 4.79. The maximum absolute atomic E-state index is 14.5. The number of fused-ring (bicyclic) bond motifs is 1. The molecule has 0 aliphatic rings. The van der Waals surface area contributed by atoms with Gasteiger partial charge in [0.2, 0.25) is 5.60 Å². The third-order valence-corrected chi connectivity index (χ3v) is 4.27. The highest BCUT2D eigenvalue weighted by Crippen LogP contribution is 2.41. The summed E-state index contributed by atoms with van der Waals surface area (Å²) in [4.78, 5) is 8.01. The van der Waals surface area contributed by atoms with Crippen LogP contribution in [0.15, 0.2) is 18.3 Å². The molecule has 0 fully saturated rings. The van der Waals surface area contributed by atoms with Crippen molar-refractivity contribution in [3.05, 3.63) is 35.4 Å². The molecule has 0 saturated carbocycles. The topological polar surface area (TPSA) is 108 Å². The van der Waals surface area contributed by atoms with Crippen molar-refractivity contribution < 1.29 is 27.4 Å². The van der Waals surface area contributed by atoms with E-state index in [2.05, 4.69) is 20.4 Å². The van der Waals surface area contributed by atoms with Crippen molar-refractivity contribution in [1.29, 1.82) is 5.26 Å². The van der Waals surface area contributed by atoms with E-state index in [-0.39, 0.29) is 34.2 Å². The molecule has 0 aliphatic heterocycles. The minimum atomic E-state index is -5.06. The van der Waals surface area contributed by atoms with Gasteiger partial charge in [0.1, 0.15) is 34.7 Å². The van der Waals surface area contributed by atoms with Gasteiger partial charge in [-0.1, -0.05) is 0 Å². The summed E-state index contributed by atoms with van der Waals surface area (Å²) in [5.41, 5.74) is -4.58. The molecule has 0 bridgehead atoms. The van der Waals surface area contributed by atoms with Crippen LogP contribution >= 0.6 is 0 Å². The number of nitrogens with zero attached hydrogens (tertiary/aromatic N) is 5. The number of imidazole rings is 1. The Balaban J connectivity index is 2.31. The first-order valence-corrected chi connectivity index (χ1v) is 8.06. The van der Waals surface area contributed by atoms with Gasteiger partial charge in [0, 0.05) is 13.1 Å². The Bertz CT molecular complexity index is 1130. The summed E-state index contributed by atoms with van der Waals surface area (Å²) in [5, 5.41) is 25.6. The molecule has 3 rings (SSSR count). The van der Waals surface area contributed by atoms with Crippen LogP contribution < -0.4 is 10.1 Å². The monoisotopic (exact) mass is 410 g/mol. The molecule has 1 atom stereocenters. The molecule has 8 nitrogen and oxygen atoms in total. The van der Waals surface area contributed by atoms with E-state index in [9.17, 15) is 22.7 Å². The molecular weight excluding hydrogens is 396 g/mol. The van der Waals surface area contributed by atoms with Crippen molar-refractivity contribution in [3.63, 3.8) is 0 Å². The van der Waals surface area contributed by atoms with E-state index < -0.39 is 23.3 Å². The first-order chi connectivity index (χ1) is 13.5. The van der Waals surface area contributed by atoms with Gasteiger partial charge in [-0.25, -0.2) is 18.9 Å². The summed E-state index contributed by atoms with van der Waals surface area (Å²) in [5.74, 6) is -1.18. The summed E-state index contributed by atoms with van der Waals surface area (Å²) in [6.07, 6.45) is -3.90. The van der Waals surface area contributed by atoms with Crippen molar-refractivity contribution in [2.75, 3.05) is 19.5 Å². The van der Waals surface area contributed by atoms with Gasteiger partial charge < -0.3 is 15.2 Å². The fourth-order valence-electron chi connectivity index (χ4n) is 2.63. The third kappa shape index (κ3) is 3.19. The largest absolute Gasteiger partial charge is 0.495 e. The second-order valence-corrected chi connectivity index (χ2v) is 6.12. The number of hydrogen-bond donors (Lipinski definition) is 2. The van der Waals surface area contributed by atoms with Crippen LogP contribution in [-0.2, 0) is 5.60 Å². The molecule has 0 aromatic carbocycles. The first kappa shape index (κ1) is 20.3. The molecule has 2 N–H and O–H groups in total. The lowest BCUT2D eigenvalue weighted by Gasteiger charge is -2.26. The lowest BCUT2D eigenvalue weighted by Crippen LogP contribution is -2.40. The molecule has 0 saturated heterocycles. The van der Waals surface area contributed by atoms with Crippen molar-refractivity contribution in [3.8, 4) is 23.2 Å². The standard InChI is InChI=1S/C17H14F4N6O2/c1-16(28,17(19,20)21)14-11(29-3)5-12-24-7-10(27(12)26-14)13-9(18)4-8(6-22)15(23-2)25-13/h4-5,7,28H,1-3H3,(H,23,25). The number of anilines is 1. The number of halogens is 4. The van der Waals surface area contributed by atoms with Crippen LogP contribution in [0.3, 0.4) is 0 Å². The fourth-order valence-corrected chi connectivity index (χ4v) is 2.63. The van der Waals surface area contributed by atoms with Gasteiger partial charge in [0.25, 0.3) is 0 Å². The number of rotatable bonds is 4. The van der Waals surface area contributed by atoms with E-state index in [0.29, 0.717) is 6.92 Å². The molecular formula is C17H14F4N6O2. The number of ether oxygens (including phenoxy) is 1. The molecule has 12 heteroatoms. The normalized spacial score (nSPS) is 13.8. The lowest BCUT2D eigenvalue weighted by molar-refractivity contribution is -0.261. The van der Waals surface area contributed by atoms with Crippen LogP contribution in [0.2, 0.25) is 0 Å². The summed E-state index contributed by atoms with van der Waals surface area (Å²) in [6, 6.07) is 3.85. The highest BCUT2D eigenvalue weighted by molar-refractivity contribution is 5.65. The summed E-state index contributed by atoms with van der Waals surface area (Å²) < 4.78 is 60.4. The molecule has 3 heterocycles. The van der Waals surface area contributed by atoms with Crippen molar-refractivity contribution in [1.82, 2.24) is 19.6 Å². The van der Waals surface area contributed by atoms with Crippen LogP contribution in [0, 0.1) is 17.1 Å². The summed E-state index contributed by atoms with van der Waals surface area (Å²) in [6.45, 7) is 0.528. The van der Waals surface area contributed by atoms with E-state index in [1.807, 2.05) is 0 Å². The van der Waals surface area contributed by atoms with Crippen molar-refractivity contribution in [2.45, 2.75) is 18.7 Å². The number of aromatic nitrogens is 4. The number of nitrogens with one attached hydrogen (secondary N) is 1. The molecule has 0 spiro atoms. The first-order valence-electron chi connectivity index (χ1n) is 8.06. The zero-order valence-electron chi connectivity index (χ0n) is 15.3. The van der Waals surface area contributed by atoms with Crippen molar-refractivity contribution in [2.24, 2.45) is 0 Å². The summed E-state index contributed by atoms with van der Waals surface area (Å²) in [7, 11) is 2.59. The molecule has 0 radical (unpaired) electrons. The van der Waals surface area contributed by atoms with Crippen LogP contribution in [0.4, 0.5) is 23.4 Å². The number of methoxy groups -OCH3 is 1. The smallest absolute Gasteiger partial charge is 0.422 e. The Morgan fingerprint density at radius 3 is 2.55 bits per heavy atom. The fraction of sp³-hybridized carbons (Fsp3) is 0.294. The van der Waals surface area contributed by atoms with E-state index in [0.717, 1.165) is 30.0 Å². The van der Waals surface area contributed by atoms with Gasteiger partial charge in [-0.15, -0.1) is 0 Å². The van der Waals surface area contributed by atoms with Gasteiger partial charge in [-0.3, -0.25) is 0 Å². The quantitative estimate of drug-likeness (QED) is 0.637. The Labute approximate surface area is 161 Å². The van der Waals surface area contributed by atoms with Crippen LogP contribution in [0.5, 0.6) is 5.75 Å². The van der Waals surface area contributed by atoms with Crippen LogP contribution in [-0.4, -0.2) is 45.0 Å². The maximum atomic E-state index is 14.5. The highest BCUT2D eigenvalue weighted by Gasteiger charge is 2.54. The molecule has 0 aliphatic carbocycles. The number of aliphatic hydroxyl groups is 1.